The highest BCUT2D eigenvalue weighted by Gasteiger charge is 2.20. The summed E-state index contributed by atoms with van der Waals surface area (Å²) < 4.78 is 5.49. The fourth-order valence-electron chi connectivity index (χ4n) is 2.28. The number of benzene rings is 2. The number of alkyl halides is 1. The summed E-state index contributed by atoms with van der Waals surface area (Å²) in [6.45, 7) is 0.735. The molecule has 4 heteroatoms. The molecule has 1 unspecified atom stereocenters. The van der Waals surface area contributed by atoms with Crippen molar-refractivity contribution in [1.29, 1.82) is 0 Å². The van der Waals surface area contributed by atoms with Gasteiger partial charge in [0.25, 0.3) is 0 Å². The van der Waals surface area contributed by atoms with Gasteiger partial charge in [-0.15, -0.1) is 11.6 Å². The summed E-state index contributed by atoms with van der Waals surface area (Å²) in [6.07, 6.45) is 0.920. The van der Waals surface area contributed by atoms with Gasteiger partial charge in [0.15, 0.2) is 0 Å². The number of fused-ring (bicyclic) bond motifs is 1. The van der Waals surface area contributed by atoms with E-state index in [1.807, 2.05) is 18.2 Å². The number of hydrogen-bond donors (Lipinski definition) is 0. The molecule has 1 nitrogen and oxygen atoms in total. The molecular formula is C15H11Cl3O. The van der Waals surface area contributed by atoms with E-state index in [-0.39, 0.29) is 5.38 Å². The second kappa shape index (κ2) is 5.24. The van der Waals surface area contributed by atoms with Crippen molar-refractivity contribution in [3.05, 3.63) is 63.1 Å². The smallest absolute Gasteiger partial charge is 0.122 e. The van der Waals surface area contributed by atoms with Crippen LogP contribution in [0, 0.1) is 0 Å². The fourth-order valence-corrected chi connectivity index (χ4v) is 3.38. The zero-order valence-electron chi connectivity index (χ0n) is 10.00. The quantitative estimate of drug-likeness (QED) is 0.687. The molecule has 0 radical (unpaired) electrons. The Labute approximate surface area is 127 Å². The van der Waals surface area contributed by atoms with Crippen LogP contribution in [-0.2, 0) is 6.42 Å². The van der Waals surface area contributed by atoms with Crippen molar-refractivity contribution in [2.75, 3.05) is 6.61 Å². The SMILES string of the molecule is Clc1cccc(Cl)c1C(Cl)c1ccc2c(c1)CCO2. The lowest BCUT2D eigenvalue weighted by Crippen LogP contribution is -1.96. The lowest BCUT2D eigenvalue weighted by molar-refractivity contribution is 0.357. The molecule has 0 amide bonds. The highest BCUT2D eigenvalue weighted by molar-refractivity contribution is 6.38. The van der Waals surface area contributed by atoms with Crippen molar-refractivity contribution in [1.82, 2.24) is 0 Å². The second-order valence-corrected chi connectivity index (χ2v) is 5.71. The van der Waals surface area contributed by atoms with Gasteiger partial charge in [-0.3, -0.25) is 0 Å². The van der Waals surface area contributed by atoms with Gasteiger partial charge < -0.3 is 4.74 Å². The Hall–Kier alpha value is -0.890. The molecule has 98 valence electrons. The maximum Gasteiger partial charge on any atom is 0.122 e. The summed E-state index contributed by atoms with van der Waals surface area (Å²) in [6, 6.07) is 11.4. The fraction of sp³-hybridized carbons (Fsp3) is 0.200. The van der Waals surface area contributed by atoms with Crippen LogP contribution in [0.5, 0.6) is 5.75 Å². The Morgan fingerprint density at radius 3 is 2.53 bits per heavy atom. The summed E-state index contributed by atoms with van der Waals surface area (Å²) >= 11 is 18.9. The first-order valence-electron chi connectivity index (χ1n) is 6.00. The molecule has 0 aliphatic carbocycles. The predicted octanol–water partition coefficient (Wildman–Crippen LogP) is 5.26. The van der Waals surface area contributed by atoms with Crippen molar-refractivity contribution in [2.24, 2.45) is 0 Å². The van der Waals surface area contributed by atoms with Crippen LogP contribution in [-0.4, -0.2) is 6.61 Å². The third-order valence-corrected chi connectivity index (χ3v) is 4.39. The van der Waals surface area contributed by atoms with Gasteiger partial charge in [-0.2, -0.15) is 0 Å². The van der Waals surface area contributed by atoms with E-state index in [2.05, 4.69) is 6.07 Å². The highest BCUT2D eigenvalue weighted by atomic mass is 35.5. The molecule has 2 aromatic rings. The van der Waals surface area contributed by atoms with Crippen LogP contribution in [0.2, 0.25) is 10.0 Å². The molecule has 1 atom stereocenters. The maximum absolute atomic E-state index is 6.53. The van der Waals surface area contributed by atoms with Crippen molar-refractivity contribution in [3.8, 4) is 5.75 Å². The van der Waals surface area contributed by atoms with E-state index < -0.39 is 0 Å². The third-order valence-electron chi connectivity index (χ3n) is 3.26. The molecule has 0 spiro atoms. The van der Waals surface area contributed by atoms with Crippen molar-refractivity contribution >= 4 is 34.8 Å². The van der Waals surface area contributed by atoms with Gasteiger partial charge in [-0.05, 0) is 29.3 Å². The summed E-state index contributed by atoms with van der Waals surface area (Å²) in [5.41, 5.74) is 2.93. The van der Waals surface area contributed by atoms with E-state index in [4.69, 9.17) is 39.5 Å². The van der Waals surface area contributed by atoms with Crippen LogP contribution >= 0.6 is 34.8 Å². The Morgan fingerprint density at radius 2 is 1.79 bits per heavy atom. The van der Waals surface area contributed by atoms with Crippen molar-refractivity contribution < 1.29 is 4.74 Å². The van der Waals surface area contributed by atoms with E-state index in [1.165, 1.54) is 5.56 Å². The molecule has 0 bridgehead atoms. The van der Waals surface area contributed by atoms with Gasteiger partial charge in [-0.25, -0.2) is 0 Å². The first-order chi connectivity index (χ1) is 9.16. The monoisotopic (exact) mass is 312 g/mol. The minimum Gasteiger partial charge on any atom is -0.493 e. The molecule has 3 rings (SSSR count). The van der Waals surface area contributed by atoms with Gasteiger partial charge >= 0.3 is 0 Å². The van der Waals surface area contributed by atoms with E-state index in [0.717, 1.165) is 29.9 Å². The maximum atomic E-state index is 6.53. The summed E-state index contributed by atoms with van der Waals surface area (Å²) in [7, 11) is 0. The molecule has 1 heterocycles. The molecule has 0 N–H and O–H groups in total. The minimum absolute atomic E-state index is 0.355. The standard InChI is InChI=1S/C15H11Cl3O/c16-11-2-1-3-12(17)14(11)15(18)10-4-5-13-9(8-10)6-7-19-13/h1-5,8,15H,6-7H2. The van der Waals surface area contributed by atoms with E-state index in [0.29, 0.717) is 10.0 Å². The van der Waals surface area contributed by atoms with Gasteiger partial charge in [0.05, 0.1) is 12.0 Å². The normalized spacial score (nSPS) is 14.9. The molecule has 0 saturated carbocycles. The Bertz CT molecular complexity index is 605. The summed E-state index contributed by atoms with van der Waals surface area (Å²) in [5.74, 6) is 0.942. The lowest BCUT2D eigenvalue weighted by Gasteiger charge is -2.14. The van der Waals surface area contributed by atoms with Crippen LogP contribution in [0.25, 0.3) is 0 Å². The Kier molecular flexibility index (Phi) is 3.62. The van der Waals surface area contributed by atoms with Gasteiger partial charge in [-0.1, -0.05) is 41.4 Å². The molecule has 0 fully saturated rings. The zero-order valence-corrected chi connectivity index (χ0v) is 12.3. The molecule has 0 saturated heterocycles. The second-order valence-electron chi connectivity index (χ2n) is 4.46. The number of rotatable bonds is 2. The molecule has 0 aromatic heterocycles. The number of halogens is 3. The van der Waals surface area contributed by atoms with Crippen LogP contribution in [0.4, 0.5) is 0 Å². The third kappa shape index (κ3) is 2.43. The number of ether oxygens (including phenoxy) is 1. The first kappa shape index (κ1) is 13.1. The van der Waals surface area contributed by atoms with E-state index in [1.54, 1.807) is 12.1 Å². The topological polar surface area (TPSA) is 9.23 Å². The van der Waals surface area contributed by atoms with Crippen molar-refractivity contribution in [3.63, 3.8) is 0 Å². The van der Waals surface area contributed by atoms with E-state index in [9.17, 15) is 0 Å². The summed E-state index contributed by atoms with van der Waals surface area (Å²) in [4.78, 5) is 0. The van der Waals surface area contributed by atoms with Crippen LogP contribution in [0.15, 0.2) is 36.4 Å². The van der Waals surface area contributed by atoms with Crippen LogP contribution < -0.4 is 4.74 Å². The molecule has 1 aliphatic rings. The molecular weight excluding hydrogens is 303 g/mol. The molecule has 1 aliphatic heterocycles. The first-order valence-corrected chi connectivity index (χ1v) is 7.19. The van der Waals surface area contributed by atoms with Gasteiger partial charge in [0, 0.05) is 22.0 Å². The lowest BCUT2D eigenvalue weighted by atomic mass is 10.0. The number of hydrogen-bond acceptors (Lipinski definition) is 1. The van der Waals surface area contributed by atoms with Crippen LogP contribution in [0.3, 0.4) is 0 Å². The van der Waals surface area contributed by atoms with E-state index >= 15 is 0 Å². The molecule has 2 aromatic carbocycles. The largest absolute Gasteiger partial charge is 0.493 e. The average molecular weight is 314 g/mol. The van der Waals surface area contributed by atoms with Crippen LogP contribution in [0.1, 0.15) is 22.1 Å². The Balaban J connectivity index is 2.02. The average Bonchev–Trinajstić information content (AvgIpc) is 2.85. The molecule has 19 heavy (non-hydrogen) atoms. The zero-order chi connectivity index (χ0) is 13.4. The van der Waals surface area contributed by atoms with Gasteiger partial charge in [0.1, 0.15) is 5.75 Å². The summed E-state index contributed by atoms with van der Waals surface area (Å²) in [5, 5.41) is 0.820. The van der Waals surface area contributed by atoms with Crippen molar-refractivity contribution in [2.45, 2.75) is 11.8 Å². The van der Waals surface area contributed by atoms with Gasteiger partial charge in [0.2, 0.25) is 0 Å². The predicted molar refractivity (Wildman–Crippen MR) is 79.8 cm³/mol. The Morgan fingerprint density at radius 1 is 1.05 bits per heavy atom. The highest BCUT2D eigenvalue weighted by Crippen LogP contribution is 2.40. The minimum atomic E-state index is -0.355.